The van der Waals surface area contributed by atoms with Crippen LogP contribution in [0, 0.1) is 23.2 Å². The van der Waals surface area contributed by atoms with Gasteiger partial charge in [-0.15, -0.1) is 0 Å². The monoisotopic (exact) mass is 436 g/mol. The molecule has 7 heteroatoms. The molecule has 4 saturated carbocycles. The number of rotatable bonds is 4. The van der Waals surface area contributed by atoms with E-state index in [4.69, 9.17) is 0 Å². The molecule has 0 spiro atoms. The van der Waals surface area contributed by atoms with Gasteiger partial charge in [-0.3, -0.25) is 14.0 Å². The van der Waals surface area contributed by atoms with Crippen molar-refractivity contribution in [3.05, 3.63) is 35.8 Å². The van der Waals surface area contributed by atoms with Crippen molar-refractivity contribution in [1.82, 2.24) is 19.6 Å². The minimum atomic E-state index is -0.476. The molecule has 0 aromatic carbocycles. The first kappa shape index (κ1) is 20.2. The molecule has 0 radical (unpaired) electrons. The van der Waals surface area contributed by atoms with Gasteiger partial charge in [0, 0.05) is 25.8 Å². The molecule has 1 unspecified atom stereocenters. The van der Waals surface area contributed by atoms with Gasteiger partial charge in [-0.1, -0.05) is 6.07 Å². The fourth-order valence-corrected chi connectivity index (χ4v) is 7.46. The second-order valence-corrected chi connectivity index (χ2v) is 10.9. The van der Waals surface area contributed by atoms with Gasteiger partial charge in [-0.25, -0.2) is 4.98 Å². The summed E-state index contributed by atoms with van der Waals surface area (Å²) in [6.45, 7) is 1.71. The standard InChI is InChI=1S/C25H32N4O3/c30-19-3-2-6-28(13-19)24(32)20-14-29-21(4-1-5-22(29)27-20)23(31)26-15-25-10-16-7-17(11-25)9-18(8-16)12-25/h1,4-5,14,16-19,30H,2-3,6-13,15H2,(H,26,31). The lowest BCUT2D eigenvalue weighted by Gasteiger charge is -2.56. The van der Waals surface area contributed by atoms with Gasteiger partial charge in [0.1, 0.15) is 17.0 Å². The predicted octanol–water partition coefficient (Wildman–Crippen LogP) is 2.88. The molecule has 4 aliphatic carbocycles. The molecule has 2 aromatic heterocycles. The van der Waals surface area contributed by atoms with E-state index in [1.165, 1.54) is 38.5 Å². The fourth-order valence-electron chi connectivity index (χ4n) is 7.46. The first-order valence-corrected chi connectivity index (χ1v) is 12.2. The van der Waals surface area contributed by atoms with E-state index < -0.39 is 6.10 Å². The van der Waals surface area contributed by atoms with Gasteiger partial charge in [0.05, 0.1) is 6.10 Å². The van der Waals surface area contributed by atoms with E-state index in [0.29, 0.717) is 30.1 Å². The van der Waals surface area contributed by atoms with Crippen LogP contribution >= 0.6 is 0 Å². The van der Waals surface area contributed by atoms with Gasteiger partial charge in [0.25, 0.3) is 11.8 Å². The Morgan fingerprint density at radius 1 is 1.12 bits per heavy atom. The number of pyridine rings is 1. The Morgan fingerprint density at radius 2 is 1.84 bits per heavy atom. The average Bonchev–Trinajstić information content (AvgIpc) is 3.20. The molecule has 2 N–H and O–H groups in total. The summed E-state index contributed by atoms with van der Waals surface area (Å²) < 4.78 is 1.72. The Balaban J connectivity index is 1.19. The predicted molar refractivity (Wildman–Crippen MR) is 119 cm³/mol. The minimum Gasteiger partial charge on any atom is -0.391 e. The number of nitrogens with one attached hydrogen (secondary N) is 1. The molecule has 1 aliphatic heterocycles. The van der Waals surface area contributed by atoms with E-state index in [0.717, 1.165) is 37.1 Å². The molecule has 7 rings (SSSR count). The van der Waals surface area contributed by atoms with Crippen molar-refractivity contribution in [2.24, 2.45) is 23.2 Å². The van der Waals surface area contributed by atoms with Gasteiger partial charge in [-0.05, 0) is 86.7 Å². The van der Waals surface area contributed by atoms with Crippen LogP contribution < -0.4 is 5.32 Å². The quantitative estimate of drug-likeness (QED) is 0.772. The molecule has 5 aliphatic rings. The third kappa shape index (κ3) is 3.51. The summed E-state index contributed by atoms with van der Waals surface area (Å²) in [5.74, 6) is 2.29. The number of β-amino-alcohol motifs (C(OH)–C–C–N with tert-alkyl or cyclic N) is 1. The van der Waals surface area contributed by atoms with Crippen LogP contribution in [0.2, 0.25) is 0 Å². The number of aliphatic hydroxyl groups excluding tert-OH is 1. The zero-order valence-electron chi connectivity index (χ0n) is 18.5. The number of fused-ring (bicyclic) bond motifs is 1. The summed E-state index contributed by atoms with van der Waals surface area (Å²) in [4.78, 5) is 32.2. The first-order chi connectivity index (χ1) is 15.5. The van der Waals surface area contributed by atoms with Crippen LogP contribution in [0.15, 0.2) is 24.4 Å². The lowest BCUT2D eigenvalue weighted by molar-refractivity contribution is -0.0503. The average molecular weight is 437 g/mol. The summed E-state index contributed by atoms with van der Waals surface area (Å²) in [6, 6.07) is 5.43. The lowest BCUT2D eigenvalue weighted by Crippen LogP contribution is -2.51. The molecular formula is C25H32N4O3. The SMILES string of the molecule is O=C(NCC12CC3CC(CC(C3)C1)C2)c1cccc2nc(C(=O)N3CCCC(O)C3)cn12. The van der Waals surface area contributed by atoms with Gasteiger partial charge in [-0.2, -0.15) is 0 Å². The Morgan fingerprint density at radius 3 is 2.53 bits per heavy atom. The molecule has 2 aromatic rings. The van der Waals surface area contributed by atoms with Gasteiger partial charge < -0.3 is 15.3 Å². The minimum absolute atomic E-state index is 0.101. The number of nitrogens with zero attached hydrogens (tertiary/aromatic N) is 3. The maximum atomic E-state index is 13.2. The van der Waals surface area contributed by atoms with Gasteiger partial charge in [0.2, 0.25) is 0 Å². The molecule has 1 saturated heterocycles. The normalized spacial score (nSPS) is 33.6. The maximum Gasteiger partial charge on any atom is 0.274 e. The van der Waals surface area contributed by atoms with Crippen LogP contribution in [0.3, 0.4) is 0 Å². The van der Waals surface area contributed by atoms with Crippen LogP contribution in [-0.2, 0) is 0 Å². The number of imidazole rings is 1. The van der Waals surface area contributed by atoms with Crippen molar-refractivity contribution in [3.63, 3.8) is 0 Å². The largest absolute Gasteiger partial charge is 0.391 e. The van der Waals surface area contributed by atoms with Gasteiger partial charge >= 0.3 is 0 Å². The zero-order valence-corrected chi connectivity index (χ0v) is 18.5. The van der Waals surface area contributed by atoms with Gasteiger partial charge in [0.15, 0.2) is 0 Å². The zero-order chi connectivity index (χ0) is 21.9. The molecule has 32 heavy (non-hydrogen) atoms. The van der Waals surface area contributed by atoms with Crippen molar-refractivity contribution in [2.45, 2.75) is 57.5 Å². The number of amides is 2. The number of aliphatic hydroxyl groups is 1. The van der Waals surface area contributed by atoms with Crippen LogP contribution in [-0.4, -0.2) is 56.9 Å². The van der Waals surface area contributed by atoms with Crippen molar-refractivity contribution < 1.29 is 14.7 Å². The Hall–Kier alpha value is -2.41. The van der Waals surface area contributed by atoms with Crippen molar-refractivity contribution >= 4 is 17.5 Å². The van der Waals surface area contributed by atoms with E-state index in [-0.39, 0.29) is 17.2 Å². The van der Waals surface area contributed by atoms with Crippen LogP contribution in [0.1, 0.15) is 72.3 Å². The molecule has 2 amide bonds. The van der Waals surface area contributed by atoms with E-state index in [9.17, 15) is 14.7 Å². The second-order valence-electron chi connectivity index (χ2n) is 10.9. The highest BCUT2D eigenvalue weighted by Crippen LogP contribution is 2.59. The smallest absolute Gasteiger partial charge is 0.274 e. The molecular weight excluding hydrogens is 404 g/mol. The third-order valence-corrected chi connectivity index (χ3v) is 8.42. The number of hydrogen-bond acceptors (Lipinski definition) is 4. The third-order valence-electron chi connectivity index (χ3n) is 8.42. The molecule has 7 nitrogen and oxygen atoms in total. The molecule has 4 bridgehead atoms. The van der Waals surface area contributed by atoms with E-state index in [1.54, 1.807) is 21.6 Å². The number of piperidine rings is 1. The van der Waals surface area contributed by atoms with E-state index >= 15 is 0 Å². The highest BCUT2D eigenvalue weighted by molar-refractivity contribution is 5.95. The highest BCUT2D eigenvalue weighted by Gasteiger charge is 2.50. The molecule has 170 valence electrons. The Bertz CT molecular complexity index is 1030. The number of hydrogen-bond donors (Lipinski definition) is 2. The summed E-state index contributed by atoms with van der Waals surface area (Å²) in [7, 11) is 0. The van der Waals surface area contributed by atoms with E-state index in [2.05, 4.69) is 10.3 Å². The summed E-state index contributed by atoms with van der Waals surface area (Å²) in [5.41, 5.74) is 1.70. The van der Waals surface area contributed by atoms with Crippen molar-refractivity contribution in [1.29, 1.82) is 0 Å². The summed E-state index contributed by atoms with van der Waals surface area (Å²) in [5, 5.41) is 13.1. The molecule has 5 fully saturated rings. The summed E-state index contributed by atoms with van der Waals surface area (Å²) in [6.07, 6.45) is 10.7. The Labute approximate surface area is 188 Å². The van der Waals surface area contributed by atoms with Crippen LogP contribution in [0.4, 0.5) is 0 Å². The fraction of sp³-hybridized carbons (Fsp3) is 0.640. The summed E-state index contributed by atoms with van der Waals surface area (Å²) >= 11 is 0. The lowest BCUT2D eigenvalue weighted by atomic mass is 9.49. The van der Waals surface area contributed by atoms with Crippen LogP contribution in [0.25, 0.3) is 5.65 Å². The van der Waals surface area contributed by atoms with E-state index in [1.807, 2.05) is 12.1 Å². The number of likely N-dealkylation sites (tertiary alicyclic amines) is 1. The van der Waals surface area contributed by atoms with Crippen molar-refractivity contribution in [2.75, 3.05) is 19.6 Å². The molecule has 3 heterocycles. The van der Waals surface area contributed by atoms with Crippen LogP contribution in [0.5, 0.6) is 0 Å². The van der Waals surface area contributed by atoms with Crippen molar-refractivity contribution in [3.8, 4) is 0 Å². The Kier molecular flexibility index (Phi) is 4.79. The first-order valence-electron chi connectivity index (χ1n) is 12.2. The highest BCUT2D eigenvalue weighted by atomic mass is 16.3. The molecule has 1 atom stereocenters. The number of carbonyl (C=O) groups is 2. The maximum absolute atomic E-state index is 13.2. The second kappa shape index (κ2) is 7.58. The number of aromatic nitrogens is 2. The topological polar surface area (TPSA) is 86.9 Å². The number of carbonyl (C=O) groups excluding carboxylic acids is 2.